The van der Waals surface area contributed by atoms with Crippen molar-refractivity contribution in [1.29, 1.82) is 5.26 Å². The Balaban J connectivity index is 2.12. The molecule has 2 N–H and O–H groups in total. The van der Waals surface area contributed by atoms with Gasteiger partial charge in [-0.15, -0.1) is 0 Å². The fraction of sp³-hybridized carbons (Fsp3) is 0.579. The molecule has 1 aromatic rings. The van der Waals surface area contributed by atoms with E-state index in [0.717, 1.165) is 31.2 Å². The lowest BCUT2D eigenvalue weighted by Crippen LogP contribution is -2.49. The molecule has 0 bridgehead atoms. The Morgan fingerprint density at radius 1 is 1.28 bits per heavy atom. The van der Waals surface area contributed by atoms with Gasteiger partial charge < -0.3 is 15.4 Å². The molecule has 25 heavy (non-hydrogen) atoms. The van der Waals surface area contributed by atoms with Crippen LogP contribution < -0.4 is 10.6 Å². The van der Waals surface area contributed by atoms with Crippen LogP contribution in [0.5, 0.6) is 0 Å². The number of aryl methyl sites for hydroxylation is 1. The first-order valence-electron chi connectivity index (χ1n) is 8.66. The number of alkyl carbamates (subject to hydrolysis) is 1. The Morgan fingerprint density at radius 2 is 1.92 bits per heavy atom. The van der Waals surface area contributed by atoms with Gasteiger partial charge >= 0.3 is 6.09 Å². The van der Waals surface area contributed by atoms with Gasteiger partial charge in [0.1, 0.15) is 11.7 Å². The van der Waals surface area contributed by atoms with Crippen molar-refractivity contribution >= 4 is 23.4 Å². The van der Waals surface area contributed by atoms with Crippen molar-refractivity contribution in [3.63, 3.8) is 0 Å². The number of anilines is 1. The molecule has 1 fully saturated rings. The van der Waals surface area contributed by atoms with E-state index in [1.54, 1.807) is 12.1 Å². The standard InChI is InChI=1S/C19H26ClN3O2/c1-12-9-13(11-21)17(10-14(12)20)22-15-7-5-6-8-16(15)23-18(24)25-19(2,3)4/h9-10,15-16,22H,5-8H2,1-4H3,(H,23,24)/t15-,16-/m0/s1. The average Bonchev–Trinajstić information content (AvgIpc) is 2.50. The summed E-state index contributed by atoms with van der Waals surface area (Å²) in [5, 5.41) is 16.4. The van der Waals surface area contributed by atoms with E-state index in [4.69, 9.17) is 16.3 Å². The third-order valence-electron chi connectivity index (χ3n) is 4.23. The highest BCUT2D eigenvalue weighted by Gasteiger charge is 2.29. The fourth-order valence-corrected chi connectivity index (χ4v) is 3.19. The largest absolute Gasteiger partial charge is 0.444 e. The molecule has 1 aliphatic carbocycles. The lowest BCUT2D eigenvalue weighted by atomic mass is 9.90. The van der Waals surface area contributed by atoms with Crippen molar-refractivity contribution < 1.29 is 9.53 Å². The minimum atomic E-state index is -0.528. The summed E-state index contributed by atoms with van der Waals surface area (Å²) in [6, 6.07) is 5.76. The van der Waals surface area contributed by atoms with Crippen LogP contribution in [0.1, 0.15) is 57.6 Å². The Hall–Kier alpha value is -1.93. The van der Waals surface area contributed by atoms with Gasteiger partial charge in [0, 0.05) is 11.1 Å². The summed E-state index contributed by atoms with van der Waals surface area (Å²) in [6.45, 7) is 7.41. The average molecular weight is 364 g/mol. The van der Waals surface area contributed by atoms with Gasteiger partial charge in [0.25, 0.3) is 0 Å². The number of hydrogen-bond acceptors (Lipinski definition) is 4. The van der Waals surface area contributed by atoms with Crippen LogP contribution in [-0.2, 0) is 4.74 Å². The predicted octanol–water partition coefficient (Wildman–Crippen LogP) is 4.77. The van der Waals surface area contributed by atoms with Gasteiger partial charge in [-0.3, -0.25) is 0 Å². The number of carbonyl (C=O) groups excluding carboxylic acids is 1. The molecule has 0 heterocycles. The molecule has 1 amide bonds. The minimum absolute atomic E-state index is 0.0344. The van der Waals surface area contributed by atoms with Crippen LogP contribution in [0.3, 0.4) is 0 Å². The molecule has 0 spiro atoms. The molecule has 136 valence electrons. The van der Waals surface area contributed by atoms with Crippen LogP contribution in [0.25, 0.3) is 0 Å². The molecule has 0 aromatic heterocycles. The third-order valence-corrected chi connectivity index (χ3v) is 4.64. The van der Waals surface area contributed by atoms with Gasteiger partial charge in [0.05, 0.1) is 17.3 Å². The van der Waals surface area contributed by atoms with E-state index in [0.29, 0.717) is 16.3 Å². The summed E-state index contributed by atoms with van der Waals surface area (Å²) < 4.78 is 5.37. The number of carbonyl (C=O) groups is 1. The number of benzene rings is 1. The topological polar surface area (TPSA) is 74.2 Å². The number of nitrogens with zero attached hydrogens (tertiary/aromatic N) is 1. The number of ether oxygens (including phenoxy) is 1. The molecule has 1 saturated carbocycles. The van der Waals surface area contributed by atoms with Gasteiger partial charge in [-0.25, -0.2) is 4.79 Å². The normalized spacial score (nSPS) is 20.5. The van der Waals surface area contributed by atoms with Crippen LogP contribution in [0.4, 0.5) is 10.5 Å². The predicted molar refractivity (Wildman–Crippen MR) is 99.9 cm³/mol. The summed E-state index contributed by atoms with van der Waals surface area (Å²) in [5.41, 5.74) is 1.61. The van der Waals surface area contributed by atoms with E-state index in [1.807, 2.05) is 27.7 Å². The van der Waals surface area contributed by atoms with Crippen molar-refractivity contribution in [2.45, 2.75) is 71.1 Å². The molecular formula is C19H26ClN3O2. The van der Waals surface area contributed by atoms with Crippen LogP contribution in [0.15, 0.2) is 12.1 Å². The number of hydrogen-bond donors (Lipinski definition) is 2. The Kier molecular flexibility index (Phi) is 6.18. The Labute approximate surface area is 154 Å². The van der Waals surface area contributed by atoms with Crippen molar-refractivity contribution in [2.24, 2.45) is 0 Å². The van der Waals surface area contributed by atoms with Gasteiger partial charge in [-0.05, 0) is 58.2 Å². The number of nitrogens with one attached hydrogen (secondary N) is 2. The van der Waals surface area contributed by atoms with Crippen LogP contribution in [0, 0.1) is 18.3 Å². The smallest absolute Gasteiger partial charge is 0.407 e. The lowest BCUT2D eigenvalue weighted by molar-refractivity contribution is 0.0488. The second-order valence-electron chi connectivity index (χ2n) is 7.55. The molecule has 0 unspecified atom stereocenters. The van der Waals surface area contributed by atoms with E-state index in [9.17, 15) is 10.1 Å². The monoisotopic (exact) mass is 363 g/mol. The maximum Gasteiger partial charge on any atom is 0.407 e. The zero-order valence-electron chi connectivity index (χ0n) is 15.3. The first-order chi connectivity index (χ1) is 11.7. The summed E-state index contributed by atoms with van der Waals surface area (Å²) >= 11 is 6.21. The van der Waals surface area contributed by atoms with E-state index in [2.05, 4.69) is 16.7 Å². The van der Waals surface area contributed by atoms with Crippen LogP contribution >= 0.6 is 11.6 Å². The van der Waals surface area contributed by atoms with Crippen molar-refractivity contribution in [2.75, 3.05) is 5.32 Å². The molecule has 0 saturated heterocycles. The zero-order valence-corrected chi connectivity index (χ0v) is 16.0. The number of halogens is 1. The van der Waals surface area contributed by atoms with Gasteiger partial charge in [-0.1, -0.05) is 24.4 Å². The molecule has 0 aliphatic heterocycles. The van der Waals surface area contributed by atoms with E-state index >= 15 is 0 Å². The van der Waals surface area contributed by atoms with Crippen molar-refractivity contribution in [3.05, 3.63) is 28.3 Å². The maximum absolute atomic E-state index is 12.1. The van der Waals surface area contributed by atoms with E-state index in [-0.39, 0.29) is 12.1 Å². The molecule has 1 aliphatic rings. The van der Waals surface area contributed by atoms with Crippen molar-refractivity contribution in [3.8, 4) is 6.07 Å². The number of nitriles is 1. The van der Waals surface area contributed by atoms with Gasteiger partial charge in [-0.2, -0.15) is 5.26 Å². The fourth-order valence-electron chi connectivity index (χ4n) is 3.03. The zero-order chi connectivity index (χ0) is 18.6. The minimum Gasteiger partial charge on any atom is -0.444 e. The SMILES string of the molecule is Cc1cc(C#N)c(N[C@H]2CCCC[C@@H]2NC(=O)OC(C)(C)C)cc1Cl. The molecule has 6 heteroatoms. The first kappa shape index (κ1) is 19.4. The molecule has 0 radical (unpaired) electrons. The quantitative estimate of drug-likeness (QED) is 0.811. The van der Waals surface area contributed by atoms with Gasteiger partial charge in [0.15, 0.2) is 0 Å². The molecular weight excluding hydrogens is 338 g/mol. The van der Waals surface area contributed by atoms with Crippen molar-refractivity contribution in [1.82, 2.24) is 5.32 Å². The highest BCUT2D eigenvalue weighted by molar-refractivity contribution is 6.31. The molecule has 5 nitrogen and oxygen atoms in total. The van der Waals surface area contributed by atoms with Crippen LogP contribution in [0.2, 0.25) is 5.02 Å². The summed E-state index contributed by atoms with van der Waals surface area (Å²) in [6.07, 6.45) is 3.51. The third kappa shape index (κ3) is 5.54. The summed E-state index contributed by atoms with van der Waals surface area (Å²) in [4.78, 5) is 12.1. The molecule has 2 rings (SSSR count). The summed E-state index contributed by atoms with van der Waals surface area (Å²) in [7, 11) is 0. The second kappa shape index (κ2) is 7.97. The number of amides is 1. The maximum atomic E-state index is 12.1. The highest BCUT2D eigenvalue weighted by atomic mass is 35.5. The Morgan fingerprint density at radius 3 is 2.52 bits per heavy atom. The lowest BCUT2D eigenvalue weighted by Gasteiger charge is -2.34. The second-order valence-corrected chi connectivity index (χ2v) is 7.95. The molecule has 2 atom stereocenters. The van der Waals surface area contributed by atoms with Crippen LogP contribution in [-0.4, -0.2) is 23.8 Å². The van der Waals surface area contributed by atoms with E-state index in [1.165, 1.54) is 0 Å². The van der Waals surface area contributed by atoms with Gasteiger partial charge in [0.2, 0.25) is 0 Å². The Bertz CT molecular complexity index is 676. The first-order valence-corrected chi connectivity index (χ1v) is 9.03. The van der Waals surface area contributed by atoms with E-state index < -0.39 is 11.7 Å². The number of rotatable bonds is 3. The molecule has 1 aromatic carbocycles. The summed E-state index contributed by atoms with van der Waals surface area (Å²) in [5.74, 6) is 0. The highest BCUT2D eigenvalue weighted by Crippen LogP contribution is 2.28.